The molecule has 1 aromatic rings. The number of nitrogens with zero attached hydrogens (tertiary/aromatic N) is 2. The summed E-state index contributed by atoms with van der Waals surface area (Å²) < 4.78 is 0.557. The number of para-hydroxylation sites is 1. The lowest BCUT2D eigenvalue weighted by molar-refractivity contribution is -0.122. The summed E-state index contributed by atoms with van der Waals surface area (Å²) in [6.07, 6.45) is 3.50. The van der Waals surface area contributed by atoms with Gasteiger partial charge in [-0.2, -0.15) is 0 Å². The second-order valence-corrected chi connectivity index (χ2v) is 6.57. The van der Waals surface area contributed by atoms with E-state index in [0.29, 0.717) is 15.8 Å². The zero-order valence-electron chi connectivity index (χ0n) is 12.6. The van der Waals surface area contributed by atoms with Crippen molar-refractivity contribution >= 4 is 45.8 Å². The Labute approximate surface area is 140 Å². The third kappa shape index (κ3) is 3.75. The molecule has 1 saturated heterocycles. The van der Waals surface area contributed by atoms with Crippen LogP contribution in [0.1, 0.15) is 26.7 Å². The second kappa shape index (κ2) is 7.56. The van der Waals surface area contributed by atoms with Crippen LogP contribution in [-0.2, 0) is 9.59 Å². The van der Waals surface area contributed by atoms with E-state index in [4.69, 9.17) is 12.2 Å². The minimum Gasteiger partial charge on any atom is -0.293 e. The number of thiocarbonyl (C=S) groups is 1. The van der Waals surface area contributed by atoms with Crippen LogP contribution in [0.5, 0.6) is 0 Å². The van der Waals surface area contributed by atoms with Gasteiger partial charge in [-0.1, -0.05) is 55.5 Å². The van der Waals surface area contributed by atoms with Gasteiger partial charge in [0.25, 0.3) is 5.91 Å². The summed E-state index contributed by atoms with van der Waals surface area (Å²) in [5.74, 6) is -0.268. The van der Waals surface area contributed by atoms with Crippen LogP contribution in [0.3, 0.4) is 0 Å². The first-order chi connectivity index (χ1) is 10.5. The van der Waals surface area contributed by atoms with Crippen molar-refractivity contribution in [1.29, 1.82) is 0 Å². The highest BCUT2D eigenvalue weighted by atomic mass is 32.2. The molecule has 6 heteroatoms. The van der Waals surface area contributed by atoms with E-state index in [1.54, 1.807) is 11.1 Å². The molecule has 1 fully saturated rings. The van der Waals surface area contributed by atoms with Crippen molar-refractivity contribution in [2.24, 2.45) is 0 Å². The Bertz CT molecular complexity index is 614. The fourth-order valence-corrected chi connectivity index (χ4v) is 3.32. The Morgan fingerprint density at radius 1 is 1.36 bits per heavy atom. The Balaban J connectivity index is 2.25. The van der Waals surface area contributed by atoms with E-state index < -0.39 is 0 Å². The Morgan fingerprint density at radius 2 is 2.05 bits per heavy atom. The fourth-order valence-electron chi connectivity index (χ4n) is 2.05. The highest BCUT2D eigenvalue weighted by Gasteiger charge is 2.32. The number of rotatable bonds is 5. The normalized spacial score (nSPS) is 16.5. The Kier molecular flexibility index (Phi) is 5.74. The third-order valence-corrected chi connectivity index (χ3v) is 4.59. The summed E-state index contributed by atoms with van der Waals surface area (Å²) in [7, 11) is 0. The van der Waals surface area contributed by atoms with E-state index in [1.165, 1.54) is 23.6 Å². The van der Waals surface area contributed by atoms with E-state index in [1.807, 2.05) is 30.3 Å². The summed E-state index contributed by atoms with van der Waals surface area (Å²) in [5, 5.41) is 0. The third-order valence-electron chi connectivity index (χ3n) is 3.23. The molecule has 1 aliphatic heterocycles. The van der Waals surface area contributed by atoms with Gasteiger partial charge in [-0.05, 0) is 18.6 Å². The maximum absolute atomic E-state index is 12.4. The van der Waals surface area contributed by atoms with Crippen LogP contribution in [0.15, 0.2) is 41.4 Å². The van der Waals surface area contributed by atoms with Crippen LogP contribution in [0.2, 0.25) is 0 Å². The van der Waals surface area contributed by atoms with E-state index in [0.717, 1.165) is 18.5 Å². The van der Waals surface area contributed by atoms with Gasteiger partial charge in [0.2, 0.25) is 5.91 Å². The quantitative estimate of drug-likeness (QED) is 0.610. The first-order valence-electron chi connectivity index (χ1n) is 7.15. The Morgan fingerprint density at radius 3 is 2.64 bits per heavy atom. The van der Waals surface area contributed by atoms with Gasteiger partial charge in [-0.3, -0.25) is 19.4 Å². The second-order valence-electron chi connectivity index (χ2n) is 4.90. The largest absolute Gasteiger partial charge is 0.293 e. The monoisotopic (exact) mass is 334 g/mol. The van der Waals surface area contributed by atoms with Gasteiger partial charge in [0.15, 0.2) is 0 Å². The molecule has 0 unspecified atom stereocenters. The molecule has 0 bridgehead atoms. The van der Waals surface area contributed by atoms with Crippen molar-refractivity contribution in [2.45, 2.75) is 26.7 Å². The van der Waals surface area contributed by atoms with Crippen LogP contribution in [0, 0.1) is 0 Å². The molecule has 1 aliphatic rings. The maximum Gasteiger partial charge on any atom is 0.267 e. The predicted molar refractivity (Wildman–Crippen MR) is 94.5 cm³/mol. The van der Waals surface area contributed by atoms with Gasteiger partial charge >= 0.3 is 0 Å². The molecule has 1 aromatic carbocycles. The number of amides is 2. The maximum atomic E-state index is 12.4. The minimum atomic E-state index is -0.148. The average Bonchev–Trinajstić information content (AvgIpc) is 2.77. The summed E-state index contributed by atoms with van der Waals surface area (Å²) in [6.45, 7) is 4.17. The zero-order valence-corrected chi connectivity index (χ0v) is 14.2. The molecule has 0 aromatic heterocycles. The number of benzene rings is 1. The van der Waals surface area contributed by atoms with Crippen molar-refractivity contribution in [3.63, 3.8) is 0 Å². The van der Waals surface area contributed by atoms with Gasteiger partial charge in [0.05, 0.1) is 4.91 Å². The van der Waals surface area contributed by atoms with E-state index in [-0.39, 0.29) is 11.8 Å². The SMILES string of the molecule is CCCCN1C(=O)/C(=C\N(C(C)=O)c2ccccc2)SC1=S. The lowest BCUT2D eigenvalue weighted by atomic mass is 10.3. The van der Waals surface area contributed by atoms with Gasteiger partial charge in [-0.15, -0.1) is 0 Å². The highest BCUT2D eigenvalue weighted by Crippen LogP contribution is 2.32. The van der Waals surface area contributed by atoms with Crippen LogP contribution in [-0.4, -0.2) is 27.6 Å². The van der Waals surface area contributed by atoms with Crippen molar-refractivity contribution in [3.05, 3.63) is 41.4 Å². The van der Waals surface area contributed by atoms with Crippen LogP contribution in [0.4, 0.5) is 5.69 Å². The van der Waals surface area contributed by atoms with E-state index >= 15 is 0 Å². The molecule has 2 amide bonds. The van der Waals surface area contributed by atoms with Gasteiger partial charge < -0.3 is 0 Å². The molecule has 0 aliphatic carbocycles. The summed E-state index contributed by atoms with van der Waals surface area (Å²) in [5.41, 5.74) is 0.730. The van der Waals surface area contributed by atoms with Crippen LogP contribution in [0.25, 0.3) is 0 Å². The Hall–Kier alpha value is -1.66. The molecule has 0 spiro atoms. The molecule has 1 heterocycles. The molecule has 4 nitrogen and oxygen atoms in total. The smallest absolute Gasteiger partial charge is 0.267 e. The van der Waals surface area contributed by atoms with Crippen LogP contribution < -0.4 is 4.90 Å². The van der Waals surface area contributed by atoms with Crippen molar-refractivity contribution in [2.75, 3.05) is 11.4 Å². The van der Waals surface area contributed by atoms with Crippen molar-refractivity contribution in [1.82, 2.24) is 4.90 Å². The van der Waals surface area contributed by atoms with Gasteiger partial charge in [-0.25, -0.2) is 0 Å². The molecular weight excluding hydrogens is 316 g/mol. The first-order valence-corrected chi connectivity index (χ1v) is 8.37. The number of thioether (sulfide) groups is 1. The molecule has 116 valence electrons. The summed E-state index contributed by atoms with van der Waals surface area (Å²) >= 11 is 6.51. The molecule has 0 saturated carbocycles. The topological polar surface area (TPSA) is 40.6 Å². The molecule has 0 N–H and O–H groups in total. The lowest BCUT2D eigenvalue weighted by Crippen LogP contribution is -2.29. The number of hydrogen-bond acceptors (Lipinski definition) is 4. The number of unbranched alkanes of at least 4 members (excludes halogenated alkanes) is 1. The van der Waals surface area contributed by atoms with Crippen LogP contribution >= 0.6 is 24.0 Å². The number of carbonyl (C=O) groups excluding carboxylic acids is 2. The number of hydrogen-bond donors (Lipinski definition) is 0. The lowest BCUT2D eigenvalue weighted by Gasteiger charge is -2.17. The van der Waals surface area contributed by atoms with Gasteiger partial charge in [0.1, 0.15) is 4.32 Å². The zero-order chi connectivity index (χ0) is 16.1. The standard InChI is InChI=1S/C16H18N2O2S2/c1-3-4-10-17-15(20)14(22-16(17)21)11-18(12(2)19)13-8-6-5-7-9-13/h5-9,11H,3-4,10H2,1-2H3/b14-11+. The summed E-state index contributed by atoms with van der Waals surface area (Å²) in [6, 6.07) is 9.24. The van der Waals surface area contributed by atoms with Crippen molar-refractivity contribution in [3.8, 4) is 0 Å². The molecule has 0 atom stereocenters. The predicted octanol–water partition coefficient (Wildman–Crippen LogP) is 3.54. The summed E-state index contributed by atoms with van der Waals surface area (Å²) in [4.78, 5) is 27.9. The van der Waals surface area contributed by atoms with E-state index in [9.17, 15) is 9.59 Å². The average molecular weight is 334 g/mol. The number of carbonyl (C=O) groups is 2. The fraction of sp³-hybridized carbons (Fsp3) is 0.312. The van der Waals surface area contributed by atoms with Gasteiger partial charge in [0, 0.05) is 25.4 Å². The molecular formula is C16H18N2O2S2. The number of anilines is 1. The molecule has 22 heavy (non-hydrogen) atoms. The van der Waals surface area contributed by atoms with E-state index in [2.05, 4.69) is 6.92 Å². The molecule has 0 radical (unpaired) electrons. The van der Waals surface area contributed by atoms with Crippen molar-refractivity contribution < 1.29 is 9.59 Å². The molecule has 2 rings (SSSR count). The first kappa shape index (κ1) is 16.7. The minimum absolute atomic E-state index is 0.120. The highest BCUT2D eigenvalue weighted by molar-refractivity contribution is 8.26.